The van der Waals surface area contributed by atoms with Crippen molar-refractivity contribution in [2.45, 2.75) is 19.3 Å². The van der Waals surface area contributed by atoms with E-state index in [1.807, 2.05) is 6.07 Å². The number of nitrogens with one attached hydrogen (secondary N) is 1. The van der Waals surface area contributed by atoms with Gasteiger partial charge in [0.15, 0.2) is 0 Å². The van der Waals surface area contributed by atoms with Crippen molar-refractivity contribution in [3.63, 3.8) is 0 Å². The molecule has 2 amide bonds. The van der Waals surface area contributed by atoms with Gasteiger partial charge in [0.2, 0.25) is 5.91 Å². The Morgan fingerprint density at radius 1 is 1.10 bits per heavy atom. The Hall–Kier alpha value is -3.51. The minimum Gasteiger partial charge on any atom is -0.370 e. The van der Waals surface area contributed by atoms with E-state index < -0.39 is 5.41 Å². The number of carbonyl (C=O) groups excluding carboxylic acids is 2. The Morgan fingerprint density at radius 3 is 2.68 bits per heavy atom. The van der Waals surface area contributed by atoms with Crippen molar-refractivity contribution >= 4 is 34.8 Å². The molecule has 0 bridgehead atoms. The molecular formula is C22H22N6O3. The number of hydrogen-bond acceptors (Lipinski definition) is 7. The first kappa shape index (κ1) is 19.5. The second-order valence-electron chi connectivity index (χ2n) is 8.09. The van der Waals surface area contributed by atoms with Gasteiger partial charge in [0.1, 0.15) is 23.7 Å². The van der Waals surface area contributed by atoms with Crippen molar-refractivity contribution in [3.8, 4) is 6.07 Å². The van der Waals surface area contributed by atoms with E-state index in [-0.39, 0.29) is 24.3 Å². The van der Waals surface area contributed by atoms with Crippen molar-refractivity contribution < 1.29 is 14.3 Å². The molecule has 5 rings (SSSR count). The van der Waals surface area contributed by atoms with E-state index in [1.165, 1.54) is 0 Å². The topological polar surface area (TPSA) is 111 Å². The molecule has 2 saturated heterocycles. The Kier molecular flexibility index (Phi) is 4.79. The molecule has 158 valence electrons. The largest absolute Gasteiger partial charge is 0.370 e. The number of carbonyl (C=O) groups is 2. The lowest BCUT2D eigenvalue weighted by molar-refractivity contribution is -0.126. The van der Waals surface area contributed by atoms with Gasteiger partial charge >= 0.3 is 0 Å². The Morgan fingerprint density at radius 2 is 1.97 bits per heavy atom. The zero-order valence-electron chi connectivity index (χ0n) is 17.0. The molecular weight excluding hydrogens is 396 g/mol. The number of rotatable bonds is 5. The summed E-state index contributed by atoms with van der Waals surface area (Å²) in [7, 11) is 0. The fourth-order valence-electron chi connectivity index (χ4n) is 4.33. The number of nitriles is 1. The summed E-state index contributed by atoms with van der Waals surface area (Å²) in [4.78, 5) is 37.1. The highest BCUT2D eigenvalue weighted by atomic mass is 16.5. The van der Waals surface area contributed by atoms with E-state index in [4.69, 9.17) is 4.74 Å². The van der Waals surface area contributed by atoms with E-state index in [1.54, 1.807) is 40.4 Å². The van der Waals surface area contributed by atoms with Gasteiger partial charge in [-0.25, -0.2) is 9.97 Å². The summed E-state index contributed by atoms with van der Waals surface area (Å²) >= 11 is 0. The number of aromatic nitrogens is 2. The van der Waals surface area contributed by atoms with Crippen LogP contribution in [0.4, 0.5) is 23.0 Å². The van der Waals surface area contributed by atoms with Gasteiger partial charge < -0.3 is 19.9 Å². The van der Waals surface area contributed by atoms with Crippen molar-refractivity contribution in [1.82, 2.24) is 9.97 Å². The van der Waals surface area contributed by atoms with Crippen molar-refractivity contribution in [2.75, 3.05) is 41.4 Å². The molecule has 2 aromatic heterocycles. The van der Waals surface area contributed by atoms with Crippen LogP contribution in [0, 0.1) is 22.7 Å². The highest BCUT2D eigenvalue weighted by Crippen LogP contribution is 2.51. The molecule has 1 atom stereocenters. The van der Waals surface area contributed by atoms with Gasteiger partial charge in [-0.2, -0.15) is 5.26 Å². The van der Waals surface area contributed by atoms with Crippen LogP contribution in [-0.2, 0) is 14.3 Å². The number of morpholine rings is 1. The lowest BCUT2D eigenvalue weighted by Gasteiger charge is -2.26. The first-order valence-electron chi connectivity index (χ1n) is 10.4. The average molecular weight is 418 g/mol. The average Bonchev–Trinajstić information content (AvgIpc) is 3.59. The molecule has 1 aliphatic carbocycles. The van der Waals surface area contributed by atoms with Crippen LogP contribution >= 0.6 is 0 Å². The number of nitrogens with zero attached hydrogens (tertiary/aromatic N) is 5. The number of anilines is 4. The molecule has 9 nitrogen and oxygen atoms in total. The third-order valence-corrected chi connectivity index (χ3v) is 6.19. The molecule has 0 aromatic carbocycles. The second-order valence-corrected chi connectivity index (χ2v) is 8.09. The third kappa shape index (κ3) is 3.49. The van der Waals surface area contributed by atoms with Crippen LogP contribution < -0.4 is 15.1 Å². The number of hydrogen-bond donors (Lipinski definition) is 1. The van der Waals surface area contributed by atoms with Gasteiger partial charge in [0, 0.05) is 31.0 Å². The zero-order chi connectivity index (χ0) is 21.4. The molecule has 3 aliphatic rings. The zero-order valence-corrected chi connectivity index (χ0v) is 17.0. The molecule has 4 heterocycles. The van der Waals surface area contributed by atoms with Gasteiger partial charge in [0.25, 0.3) is 5.91 Å². The molecule has 3 fully saturated rings. The van der Waals surface area contributed by atoms with E-state index in [0.717, 1.165) is 24.2 Å². The third-order valence-electron chi connectivity index (χ3n) is 6.19. The Balaban J connectivity index is 1.30. The Labute approximate surface area is 179 Å². The summed E-state index contributed by atoms with van der Waals surface area (Å²) in [5, 5.41) is 12.8. The molecule has 0 unspecified atom stereocenters. The summed E-state index contributed by atoms with van der Waals surface area (Å²) in [5.41, 5.74) is 0.567. The van der Waals surface area contributed by atoms with Crippen LogP contribution in [-0.4, -0.2) is 48.1 Å². The lowest BCUT2D eigenvalue weighted by Crippen LogP contribution is -2.41. The summed E-state index contributed by atoms with van der Waals surface area (Å²) < 4.78 is 5.16. The fraction of sp³-hybridized carbons (Fsp3) is 0.409. The van der Waals surface area contributed by atoms with Gasteiger partial charge in [-0.05, 0) is 43.4 Å². The summed E-state index contributed by atoms with van der Waals surface area (Å²) in [5.74, 6) is 1.13. The minimum atomic E-state index is -0.870. The highest BCUT2D eigenvalue weighted by Gasteiger charge is 2.56. The van der Waals surface area contributed by atoms with Crippen LogP contribution in [0.5, 0.6) is 0 Å². The first-order valence-corrected chi connectivity index (χ1v) is 10.4. The molecule has 31 heavy (non-hydrogen) atoms. The predicted octanol–water partition coefficient (Wildman–Crippen LogP) is 2.24. The SMILES string of the molecule is N#C[C@@]1(C2CC2)CCN(c2ccnc(Nc3ccc(N4CCOCC4=O)cn3)c2)C1=O. The quantitative estimate of drug-likeness (QED) is 0.792. The van der Waals surface area contributed by atoms with E-state index in [0.29, 0.717) is 37.8 Å². The molecule has 1 N–H and O–H groups in total. The van der Waals surface area contributed by atoms with Crippen LogP contribution in [0.2, 0.25) is 0 Å². The maximum atomic E-state index is 13.0. The summed E-state index contributed by atoms with van der Waals surface area (Å²) in [6.45, 7) is 1.63. The monoisotopic (exact) mass is 418 g/mol. The number of amides is 2. The van der Waals surface area contributed by atoms with Crippen molar-refractivity contribution in [1.29, 1.82) is 5.26 Å². The second kappa shape index (κ2) is 7.63. The van der Waals surface area contributed by atoms with Gasteiger partial charge in [-0.3, -0.25) is 9.59 Å². The van der Waals surface area contributed by atoms with Crippen molar-refractivity contribution in [3.05, 3.63) is 36.7 Å². The Bertz CT molecular complexity index is 1060. The molecule has 9 heteroatoms. The summed E-state index contributed by atoms with van der Waals surface area (Å²) in [6.07, 6.45) is 5.74. The van der Waals surface area contributed by atoms with E-state index >= 15 is 0 Å². The highest BCUT2D eigenvalue weighted by molar-refractivity contribution is 6.02. The van der Waals surface area contributed by atoms with E-state index in [2.05, 4.69) is 21.4 Å². The van der Waals surface area contributed by atoms with Crippen LogP contribution in [0.3, 0.4) is 0 Å². The van der Waals surface area contributed by atoms with Crippen LogP contribution in [0.1, 0.15) is 19.3 Å². The molecule has 2 aromatic rings. The summed E-state index contributed by atoms with van der Waals surface area (Å²) in [6, 6.07) is 9.48. The molecule has 0 radical (unpaired) electrons. The van der Waals surface area contributed by atoms with Crippen LogP contribution in [0.25, 0.3) is 0 Å². The lowest BCUT2D eigenvalue weighted by atomic mass is 9.83. The standard InChI is InChI=1S/C22H22N6O3/c23-14-22(15-1-2-15)6-8-28(21(22)30)16-5-7-24-19(11-16)26-18-4-3-17(12-25-18)27-9-10-31-13-20(27)29/h3-5,7,11-12,15H,1-2,6,8-10,13H2,(H,24,25,26)/t22-/m1/s1. The first-order chi connectivity index (χ1) is 15.1. The maximum Gasteiger partial charge on any atom is 0.253 e. The number of ether oxygens (including phenoxy) is 1. The predicted molar refractivity (Wildman–Crippen MR) is 113 cm³/mol. The van der Waals surface area contributed by atoms with Gasteiger partial charge in [0.05, 0.1) is 24.6 Å². The molecule has 1 saturated carbocycles. The normalized spacial score (nSPS) is 23.7. The van der Waals surface area contributed by atoms with Crippen LogP contribution in [0.15, 0.2) is 36.7 Å². The fourth-order valence-corrected chi connectivity index (χ4v) is 4.33. The smallest absolute Gasteiger partial charge is 0.253 e. The van der Waals surface area contributed by atoms with Gasteiger partial charge in [-0.1, -0.05) is 0 Å². The van der Waals surface area contributed by atoms with E-state index in [9.17, 15) is 14.9 Å². The molecule has 2 aliphatic heterocycles. The minimum absolute atomic E-state index is 0.0831. The maximum absolute atomic E-state index is 13.0. The molecule has 0 spiro atoms. The number of pyridine rings is 2. The van der Waals surface area contributed by atoms with Crippen molar-refractivity contribution in [2.24, 2.45) is 11.3 Å². The van der Waals surface area contributed by atoms with Gasteiger partial charge in [-0.15, -0.1) is 0 Å².